The first kappa shape index (κ1) is 23.0. The number of aliphatic imine (C=N–C) groups is 1. The van der Waals surface area contributed by atoms with Crippen LogP contribution in [0.2, 0.25) is 0 Å². The molecule has 0 atom stereocenters. The van der Waals surface area contributed by atoms with Gasteiger partial charge >= 0.3 is 0 Å². The van der Waals surface area contributed by atoms with Crippen LogP contribution in [-0.2, 0) is 0 Å². The molecular weight excluding hydrogens is 375 g/mol. The van der Waals surface area contributed by atoms with E-state index in [2.05, 4.69) is 61.4 Å². The number of unbranched alkanes of at least 4 members (excludes halogenated alkanes) is 1. The zero-order chi connectivity index (χ0) is 15.5. The van der Waals surface area contributed by atoms with Gasteiger partial charge in [0, 0.05) is 45.8 Å². The van der Waals surface area contributed by atoms with Crippen LogP contribution >= 0.6 is 24.0 Å². The third-order valence-corrected chi connectivity index (χ3v) is 3.45. The average molecular weight is 410 g/mol. The molecule has 21 heavy (non-hydrogen) atoms. The predicted octanol–water partition coefficient (Wildman–Crippen LogP) is 3.20. The van der Waals surface area contributed by atoms with Crippen LogP contribution in [0.1, 0.15) is 40.5 Å². The first-order valence-electron chi connectivity index (χ1n) is 7.72. The van der Waals surface area contributed by atoms with E-state index in [-0.39, 0.29) is 24.0 Å². The topological polar surface area (TPSA) is 30.9 Å². The van der Waals surface area contributed by atoms with Gasteiger partial charge in [-0.05, 0) is 40.5 Å². The Morgan fingerprint density at radius 2 is 1.76 bits per heavy atom. The summed E-state index contributed by atoms with van der Waals surface area (Å²) >= 11 is 0. The molecule has 0 unspecified atom stereocenters. The van der Waals surface area contributed by atoms with E-state index in [1.165, 1.54) is 0 Å². The van der Waals surface area contributed by atoms with E-state index in [1.54, 1.807) is 0 Å². The van der Waals surface area contributed by atoms with Crippen LogP contribution in [0.15, 0.2) is 17.6 Å². The van der Waals surface area contributed by atoms with Crippen molar-refractivity contribution in [2.75, 3.05) is 33.7 Å². The van der Waals surface area contributed by atoms with Gasteiger partial charge in [-0.3, -0.25) is 9.89 Å². The van der Waals surface area contributed by atoms with Crippen molar-refractivity contribution in [2.45, 2.75) is 52.6 Å². The lowest BCUT2D eigenvalue weighted by Gasteiger charge is -2.31. The number of nitrogens with zero attached hydrogens (tertiary/aromatic N) is 3. The highest BCUT2D eigenvalue weighted by molar-refractivity contribution is 14.0. The summed E-state index contributed by atoms with van der Waals surface area (Å²) in [6.45, 7) is 15.7. The van der Waals surface area contributed by atoms with Gasteiger partial charge in [-0.25, -0.2) is 0 Å². The second-order valence-corrected chi connectivity index (χ2v) is 5.75. The molecule has 0 rings (SSSR count). The standard InChI is InChI=1S/C16H34N4.HI/c1-8-9-10-12-19(7)16(17-6)18-11-13-20(14(2)3)15(4)5;/h8,14-15H,1,9-13H2,2-7H3,(H,17,18);1H. The molecule has 0 saturated carbocycles. The molecular formula is C16H35IN4. The summed E-state index contributed by atoms with van der Waals surface area (Å²) in [5.74, 6) is 0.974. The Morgan fingerprint density at radius 3 is 2.19 bits per heavy atom. The van der Waals surface area contributed by atoms with Gasteiger partial charge in [-0.15, -0.1) is 30.6 Å². The van der Waals surface area contributed by atoms with E-state index >= 15 is 0 Å². The summed E-state index contributed by atoms with van der Waals surface area (Å²) in [6, 6.07) is 1.15. The Hall–Kier alpha value is -0.300. The van der Waals surface area contributed by atoms with Crippen molar-refractivity contribution in [1.29, 1.82) is 0 Å². The Kier molecular flexibility index (Phi) is 14.6. The normalized spacial score (nSPS) is 11.8. The smallest absolute Gasteiger partial charge is 0.193 e. The molecule has 126 valence electrons. The van der Waals surface area contributed by atoms with Gasteiger partial charge in [0.2, 0.25) is 0 Å². The Balaban J connectivity index is 0. The lowest BCUT2D eigenvalue weighted by atomic mass is 10.2. The van der Waals surface area contributed by atoms with Crippen LogP contribution in [0.4, 0.5) is 0 Å². The second kappa shape index (κ2) is 13.4. The fraction of sp³-hybridized carbons (Fsp3) is 0.812. The van der Waals surface area contributed by atoms with Crippen molar-refractivity contribution in [3.05, 3.63) is 12.7 Å². The van der Waals surface area contributed by atoms with Gasteiger partial charge < -0.3 is 10.2 Å². The quantitative estimate of drug-likeness (QED) is 0.208. The van der Waals surface area contributed by atoms with Gasteiger partial charge in [0.1, 0.15) is 0 Å². The predicted molar refractivity (Wildman–Crippen MR) is 106 cm³/mol. The van der Waals surface area contributed by atoms with Gasteiger partial charge in [0.25, 0.3) is 0 Å². The highest BCUT2D eigenvalue weighted by atomic mass is 127. The number of rotatable bonds is 9. The van der Waals surface area contributed by atoms with Crippen LogP contribution in [-0.4, -0.2) is 61.6 Å². The van der Waals surface area contributed by atoms with E-state index in [0.29, 0.717) is 12.1 Å². The minimum absolute atomic E-state index is 0. The highest BCUT2D eigenvalue weighted by Gasteiger charge is 2.13. The van der Waals surface area contributed by atoms with Crippen molar-refractivity contribution in [1.82, 2.24) is 15.1 Å². The summed E-state index contributed by atoms with van der Waals surface area (Å²) in [6.07, 6.45) is 4.13. The molecule has 0 heterocycles. The summed E-state index contributed by atoms with van der Waals surface area (Å²) in [5.41, 5.74) is 0. The molecule has 1 N–H and O–H groups in total. The van der Waals surface area contributed by atoms with E-state index in [4.69, 9.17) is 0 Å². The number of hydrogen-bond acceptors (Lipinski definition) is 2. The first-order valence-corrected chi connectivity index (χ1v) is 7.72. The highest BCUT2D eigenvalue weighted by Crippen LogP contribution is 2.03. The summed E-state index contributed by atoms with van der Waals surface area (Å²) in [4.78, 5) is 9.00. The number of allylic oxidation sites excluding steroid dienone is 1. The van der Waals surface area contributed by atoms with Gasteiger partial charge in [-0.2, -0.15) is 0 Å². The van der Waals surface area contributed by atoms with Crippen LogP contribution < -0.4 is 5.32 Å². The lowest BCUT2D eigenvalue weighted by molar-refractivity contribution is 0.178. The lowest BCUT2D eigenvalue weighted by Crippen LogP contribution is -2.45. The maximum atomic E-state index is 4.34. The molecule has 0 aliphatic heterocycles. The van der Waals surface area contributed by atoms with Gasteiger partial charge in [-0.1, -0.05) is 6.08 Å². The van der Waals surface area contributed by atoms with Crippen LogP contribution in [0, 0.1) is 0 Å². The largest absolute Gasteiger partial charge is 0.355 e. The molecule has 0 aromatic heterocycles. The third kappa shape index (κ3) is 10.1. The van der Waals surface area contributed by atoms with Crippen LogP contribution in [0.3, 0.4) is 0 Å². The maximum Gasteiger partial charge on any atom is 0.193 e. The summed E-state index contributed by atoms with van der Waals surface area (Å²) < 4.78 is 0. The van der Waals surface area contributed by atoms with Gasteiger partial charge in [0.15, 0.2) is 5.96 Å². The molecule has 0 aromatic rings. The Labute approximate surface area is 149 Å². The minimum atomic E-state index is 0. The molecule has 0 bridgehead atoms. The van der Waals surface area contributed by atoms with Crippen molar-refractivity contribution in [3.63, 3.8) is 0 Å². The minimum Gasteiger partial charge on any atom is -0.355 e. The molecule has 0 aliphatic carbocycles. The average Bonchev–Trinajstić information content (AvgIpc) is 2.38. The molecule has 4 nitrogen and oxygen atoms in total. The molecule has 0 aliphatic rings. The van der Waals surface area contributed by atoms with Crippen LogP contribution in [0.5, 0.6) is 0 Å². The Bertz CT molecular complexity index is 282. The third-order valence-electron chi connectivity index (χ3n) is 3.45. The van der Waals surface area contributed by atoms with Crippen molar-refractivity contribution < 1.29 is 0 Å². The van der Waals surface area contributed by atoms with E-state index in [9.17, 15) is 0 Å². The summed E-state index contributed by atoms with van der Waals surface area (Å²) in [5, 5.41) is 3.44. The molecule has 0 saturated heterocycles. The second-order valence-electron chi connectivity index (χ2n) is 5.75. The number of guanidine groups is 1. The molecule has 0 aromatic carbocycles. The molecule has 0 spiro atoms. The molecule has 0 amide bonds. The summed E-state index contributed by atoms with van der Waals surface area (Å²) in [7, 11) is 3.93. The SMILES string of the molecule is C=CCCCN(C)C(=NC)NCCN(C(C)C)C(C)C.I. The molecule has 0 fully saturated rings. The number of nitrogens with one attached hydrogen (secondary N) is 1. The first-order chi connectivity index (χ1) is 9.43. The Morgan fingerprint density at radius 1 is 1.19 bits per heavy atom. The maximum absolute atomic E-state index is 4.34. The zero-order valence-corrected chi connectivity index (χ0v) is 17.1. The van der Waals surface area contributed by atoms with E-state index in [0.717, 1.165) is 38.4 Å². The molecule has 5 heteroatoms. The fourth-order valence-electron chi connectivity index (χ4n) is 2.37. The fourth-order valence-corrected chi connectivity index (χ4v) is 2.37. The van der Waals surface area contributed by atoms with E-state index in [1.807, 2.05) is 13.1 Å². The van der Waals surface area contributed by atoms with Crippen molar-refractivity contribution in [3.8, 4) is 0 Å². The monoisotopic (exact) mass is 410 g/mol. The van der Waals surface area contributed by atoms with Gasteiger partial charge in [0.05, 0.1) is 0 Å². The zero-order valence-electron chi connectivity index (χ0n) is 14.7. The van der Waals surface area contributed by atoms with Crippen LogP contribution in [0.25, 0.3) is 0 Å². The van der Waals surface area contributed by atoms with Crippen molar-refractivity contribution >= 4 is 29.9 Å². The molecule has 0 radical (unpaired) electrons. The number of hydrogen-bond donors (Lipinski definition) is 1. The number of halogens is 1. The van der Waals surface area contributed by atoms with E-state index < -0.39 is 0 Å². The van der Waals surface area contributed by atoms with Crippen molar-refractivity contribution in [2.24, 2.45) is 4.99 Å².